The standard InChI is InChI=1S/C35H41FN8O3/c1-19(2)27-30(28(20(3)4)39-18-38-27)44-32-25(14-23(15-37)29(40-32)24-12-10-11-13-26(24)36)31(41-33(44)45)42-16-22(6)43(17-21(42)5)34(46)47-35(7,8)9/h10-14,18-22H,16-17H2,1-9H3/t21-,22+/m0/s1. The number of carbonyl (C=O) groups excluding carboxylic acids is 1. The number of nitrogens with zero attached hydrogens (tertiary/aromatic N) is 8. The molecule has 3 aromatic heterocycles. The molecule has 1 fully saturated rings. The van der Waals surface area contributed by atoms with E-state index in [-0.39, 0.29) is 46.4 Å². The van der Waals surface area contributed by atoms with Crippen LogP contribution >= 0.6 is 0 Å². The largest absolute Gasteiger partial charge is 0.444 e. The lowest BCUT2D eigenvalue weighted by atomic mass is 10.0. The van der Waals surface area contributed by atoms with Crippen LogP contribution in [-0.4, -0.2) is 66.3 Å². The van der Waals surface area contributed by atoms with Gasteiger partial charge in [0.1, 0.15) is 29.6 Å². The van der Waals surface area contributed by atoms with Gasteiger partial charge in [0.05, 0.1) is 33.7 Å². The lowest BCUT2D eigenvalue weighted by molar-refractivity contribution is 0.0130. The van der Waals surface area contributed by atoms with Gasteiger partial charge in [-0.15, -0.1) is 0 Å². The first-order valence-corrected chi connectivity index (χ1v) is 15.9. The molecule has 0 aliphatic carbocycles. The van der Waals surface area contributed by atoms with E-state index in [4.69, 9.17) is 9.72 Å². The molecule has 1 aliphatic heterocycles. The number of carbonyl (C=O) groups is 1. The molecule has 4 heterocycles. The zero-order valence-corrected chi connectivity index (χ0v) is 28.4. The van der Waals surface area contributed by atoms with Crippen LogP contribution in [0.3, 0.4) is 0 Å². The van der Waals surface area contributed by atoms with Crippen molar-refractivity contribution in [3.05, 3.63) is 69.9 Å². The number of pyridine rings is 1. The highest BCUT2D eigenvalue weighted by Crippen LogP contribution is 2.35. The molecule has 11 nitrogen and oxygen atoms in total. The van der Waals surface area contributed by atoms with Gasteiger partial charge in [0.2, 0.25) is 0 Å². The molecule has 1 aliphatic rings. The van der Waals surface area contributed by atoms with Gasteiger partial charge >= 0.3 is 11.8 Å². The average molecular weight is 641 g/mol. The smallest absolute Gasteiger partial charge is 0.410 e. The van der Waals surface area contributed by atoms with E-state index >= 15 is 4.39 Å². The normalized spacial score (nSPS) is 17.0. The average Bonchev–Trinajstić information content (AvgIpc) is 3.00. The number of nitriles is 1. The highest BCUT2D eigenvalue weighted by Gasteiger charge is 2.37. The number of anilines is 1. The SMILES string of the molecule is CC(C)c1ncnc(C(C)C)c1-n1c(=O)nc(N2C[C@@H](C)N(C(=O)OC(C)(C)C)C[C@@H]2C)c2cc(C#N)c(-c3ccccc3F)nc21. The molecule has 5 rings (SSSR count). The second kappa shape index (κ2) is 12.7. The minimum Gasteiger partial charge on any atom is -0.444 e. The van der Waals surface area contributed by atoms with Crippen molar-refractivity contribution in [2.24, 2.45) is 0 Å². The first-order chi connectivity index (χ1) is 22.1. The number of benzene rings is 1. The van der Waals surface area contributed by atoms with Crippen LogP contribution in [0.5, 0.6) is 0 Å². The Hall–Kier alpha value is -4.92. The summed E-state index contributed by atoms with van der Waals surface area (Å²) in [6.07, 6.45) is 1.07. The first-order valence-electron chi connectivity index (χ1n) is 15.9. The van der Waals surface area contributed by atoms with Gasteiger partial charge in [-0.3, -0.25) is 0 Å². The zero-order chi connectivity index (χ0) is 34.4. The van der Waals surface area contributed by atoms with Crippen molar-refractivity contribution in [3.63, 3.8) is 0 Å². The summed E-state index contributed by atoms with van der Waals surface area (Å²) >= 11 is 0. The summed E-state index contributed by atoms with van der Waals surface area (Å²) < 4.78 is 22.3. The predicted molar refractivity (Wildman–Crippen MR) is 178 cm³/mol. The second-order valence-corrected chi connectivity index (χ2v) is 13.7. The minimum atomic E-state index is -0.653. The summed E-state index contributed by atoms with van der Waals surface area (Å²) in [6, 6.07) is 9.33. The fourth-order valence-corrected chi connectivity index (χ4v) is 5.97. The van der Waals surface area contributed by atoms with Gasteiger partial charge in [-0.25, -0.2) is 33.5 Å². The molecule has 4 aromatic rings. The van der Waals surface area contributed by atoms with Gasteiger partial charge in [0, 0.05) is 30.7 Å². The number of hydrogen-bond donors (Lipinski definition) is 0. The van der Waals surface area contributed by atoms with Gasteiger partial charge in [-0.05, 0) is 64.7 Å². The third-order valence-electron chi connectivity index (χ3n) is 8.18. The first kappa shape index (κ1) is 33.4. The Morgan fingerprint density at radius 2 is 1.66 bits per heavy atom. The molecule has 1 amide bonds. The molecule has 47 heavy (non-hydrogen) atoms. The van der Waals surface area contributed by atoms with E-state index in [1.54, 1.807) is 29.2 Å². The molecule has 0 N–H and O–H groups in total. The third-order valence-corrected chi connectivity index (χ3v) is 8.18. The third kappa shape index (κ3) is 6.39. The lowest BCUT2D eigenvalue weighted by Crippen LogP contribution is -2.59. The van der Waals surface area contributed by atoms with Crippen molar-refractivity contribution >= 4 is 22.9 Å². The number of halogens is 1. The van der Waals surface area contributed by atoms with Gasteiger partial charge in [-0.2, -0.15) is 10.2 Å². The van der Waals surface area contributed by atoms with Gasteiger partial charge in [0.15, 0.2) is 5.65 Å². The summed E-state index contributed by atoms with van der Waals surface area (Å²) in [5, 5.41) is 10.7. The van der Waals surface area contributed by atoms with E-state index in [0.29, 0.717) is 41.4 Å². The summed E-state index contributed by atoms with van der Waals surface area (Å²) in [5.74, 6) is -0.396. The molecular weight excluding hydrogens is 599 g/mol. The maximum atomic E-state index is 15.2. The summed E-state index contributed by atoms with van der Waals surface area (Å²) in [4.78, 5) is 49.7. The molecule has 0 unspecified atom stereocenters. The molecule has 0 radical (unpaired) electrons. The Bertz CT molecular complexity index is 1920. The number of amides is 1. The Labute approximate surface area is 274 Å². The number of rotatable bonds is 5. The quantitative estimate of drug-likeness (QED) is 0.246. The number of aromatic nitrogens is 5. The van der Waals surface area contributed by atoms with Crippen LogP contribution in [0.1, 0.15) is 91.1 Å². The molecule has 246 valence electrons. The number of piperazine rings is 1. The van der Waals surface area contributed by atoms with Crippen molar-refractivity contribution in [1.29, 1.82) is 5.26 Å². The fourth-order valence-electron chi connectivity index (χ4n) is 5.97. The van der Waals surface area contributed by atoms with Crippen molar-refractivity contribution in [3.8, 4) is 23.0 Å². The van der Waals surface area contributed by atoms with E-state index in [0.717, 1.165) is 0 Å². The Morgan fingerprint density at radius 1 is 1.02 bits per heavy atom. The van der Waals surface area contributed by atoms with Crippen LogP contribution in [-0.2, 0) is 4.74 Å². The van der Waals surface area contributed by atoms with Crippen LogP contribution in [0.4, 0.5) is 15.0 Å². The molecule has 0 spiro atoms. The molecule has 1 aromatic carbocycles. The Morgan fingerprint density at radius 3 is 2.23 bits per heavy atom. The molecule has 12 heteroatoms. The predicted octanol–water partition coefficient (Wildman–Crippen LogP) is 6.33. The maximum Gasteiger partial charge on any atom is 0.410 e. The topological polar surface area (TPSA) is 130 Å². The lowest BCUT2D eigenvalue weighted by Gasteiger charge is -2.44. The van der Waals surface area contributed by atoms with E-state index in [9.17, 15) is 14.9 Å². The monoisotopic (exact) mass is 640 g/mol. The molecule has 0 bridgehead atoms. The summed E-state index contributed by atoms with van der Waals surface area (Å²) in [6.45, 7) is 17.9. The van der Waals surface area contributed by atoms with Crippen LogP contribution in [0.15, 0.2) is 41.5 Å². The molecule has 0 saturated carbocycles. The van der Waals surface area contributed by atoms with Crippen molar-refractivity contribution in [2.75, 3.05) is 18.0 Å². The molecule has 1 saturated heterocycles. The minimum absolute atomic E-state index is 0.0849. The summed E-state index contributed by atoms with van der Waals surface area (Å²) in [5.41, 5.74) is 1.03. The van der Waals surface area contributed by atoms with E-state index < -0.39 is 23.2 Å². The highest BCUT2D eigenvalue weighted by molar-refractivity contribution is 5.92. The fraction of sp³-hybridized carbons (Fsp3) is 0.457. The maximum absolute atomic E-state index is 15.2. The number of hydrogen-bond acceptors (Lipinski definition) is 9. The van der Waals surface area contributed by atoms with Crippen molar-refractivity contribution < 1.29 is 13.9 Å². The van der Waals surface area contributed by atoms with E-state index in [2.05, 4.69) is 21.0 Å². The summed E-state index contributed by atoms with van der Waals surface area (Å²) in [7, 11) is 0. The van der Waals surface area contributed by atoms with Crippen LogP contribution < -0.4 is 10.6 Å². The van der Waals surface area contributed by atoms with Gasteiger partial charge in [0.25, 0.3) is 0 Å². The van der Waals surface area contributed by atoms with Crippen LogP contribution in [0.25, 0.3) is 28.0 Å². The Balaban J connectivity index is 1.81. The van der Waals surface area contributed by atoms with E-state index in [1.807, 2.05) is 67.2 Å². The molecule has 2 atom stereocenters. The van der Waals surface area contributed by atoms with Crippen molar-refractivity contribution in [2.45, 2.75) is 91.8 Å². The second-order valence-electron chi connectivity index (χ2n) is 13.7. The highest BCUT2D eigenvalue weighted by atomic mass is 19.1. The van der Waals surface area contributed by atoms with Crippen LogP contribution in [0.2, 0.25) is 0 Å². The van der Waals surface area contributed by atoms with Gasteiger partial charge < -0.3 is 14.5 Å². The van der Waals surface area contributed by atoms with Crippen LogP contribution in [0, 0.1) is 17.1 Å². The number of ether oxygens (including phenoxy) is 1. The van der Waals surface area contributed by atoms with E-state index in [1.165, 1.54) is 17.0 Å². The van der Waals surface area contributed by atoms with Gasteiger partial charge in [-0.1, -0.05) is 39.8 Å². The van der Waals surface area contributed by atoms with Crippen molar-refractivity contribution in [1.82, 2.24) is 29.4 Å². The Kier molecular flexibility index (Phi) is 9.04. The number of fused-ring (bicyclic) bond motifs is 1. The zero-order valence-electron chi connectivity index (χ0n) is 28.4. The molecular formula is C35H41FN8O3.